The average Bonchev–Trinajstić information content (AvgIpc) is 2.32. The van der Waals surface area contributed by atoms with E-state index in [-0.39, 0.29) is 18.2 Å². The van der Waals surface area contributed by atoms with Gasteiger partial charge in [0.25, 0.3) is 0 Å². The molecule has 0 N–H and O–H groups in total. The first-order valence-electron chi connectivity index (χ1n) is 4.56. The van der Waals surface area contributed by atoms with Crippen LogP contribution in [0.1, 0.15) is 0 Å². The van der Waals surface area contributed by atoms with Crippen LogP contribution in [0.3, 0.4) is 0 Å². The Kier molecular flexibility index (Phi) is 4.95. The zero-order chi connectivity index (χ0) is 10.3. The number of rotatable bonds is 4. The summed E-state index contributed by atoms with van der Waals surface area (Å²) in [5.74, 6) is 0. The summed E-state index contributed by atoms with van der Waals surface area (Å²) in [4.78, 5) is 2.78. The third-order valence-electron chi connectivity index (χ3n) is 1.75. The van der Waals surface area contributed by atoms with E-state index in [1.807, 2.05) is 18.0 Å². The summed E-state index contributed by atoms with van der Waals surface area (Å²) in [7, 11) is 4.02. The molecule has 0 fully saturated rings. The molecule has 15 heavy (non-hydrogen) atoms. The van der Waals surface area contributed by atoms with Crippen LogP contribution in [0, 0.1) is 0 Å². The van der Waals surface area contributed by atoms with E-state index in [0.717, 1.165) is 0 Å². The molecule has 0 saturated carbocycles. The summed E-state index contributed by atoms with van der Waals surface area (Å²) in [5, 5.41) is 0. The van der Waals surface area contributed by atoms with Crippen molar-refractivity contribution in [3.05, 3.63) is 60.7 Å². The zero-order valence-electron chi connectivity index (χ0n) is 8.00. The Morgan fingerprint density at radius 1 is 0.600 bits per heavy atom. The van der Waals surface area contributed by atoms with Gasteiger partial charge in [0, 0.05) is 0 Å². The molecule has 0 radical (unpaired) electrons. The van der Waals surface area contributed by atoms with Gasteiger partial charge in [-0.15, -0.1) is 0 Å². The van der Waals surface area contributed by atoms with Gasteiger partial charge in [0.1, 0.15) is 0 Å². The molecule has 0 nitrogen and oxygen atoms in total. The summed E-state index contributed by atoms with van der Waals surface area (Å²) in [5.41, 5.74) is 0. The monoisotopic (exact) mass is 348 g/mol. The van der Waals surface area contributed by atoms with Crippen molar-refractivity contribution in [3.63, 3.8) is 0 Å². The molecular weight excluding hydrogens is 336 g/mol. The fourth-order valence-corrected chi connectivity index (χ4v) is 9.16. The Morgan fingerprint density at radius 2 is 1.00 bits per heavy atom. The minimum absolute atomic E-state index is 0.0741. The second-order valence-corrected chi connectivity index (χ2v) is 11.0. The molecular formula is C12H10S2Te. The van der Waals surface area contributed by atoms with Gasteiger partial charge in [-0.3, -0.25) is 0 Å². The van der Waals surface area contributed by atoms with Crippen LogP contribution < -0.4 is 0 Å². The molecule has 2 aromatic rings. The first-order chi connectivity index (χ1) is 7.45. The van der Waals surface area contributed by atoms with E-state index < -0.39 is 0 Å². The Morgan fingerprint density at radius 3 is 1.40 bits per heavy atom. The molecule has 0 aromatic heterocycles. The van der Waals surface area contributed by atoms with Crippen LogP contribution in [0.5, 0.6) is 0 Å². The number of hydrogen-bond donors (Lipinski definition) is 0. The normalized spacial score (nSPS) is 10.1. The molecule has 0 spiro atoms. The number of hydrogen-bond acceptors (Lipinski definition) is 2. The van der Waals surface area contributed by atoms with E-state index in [4.69, 9.17) is 0 Å². The molecule has 76 valence electrons. The summed E-state index contributed by atoms with van der Waals surface area (Å²) >= 11 is -0.0741. The molecule has 0 bridgehead atoms. The average molecular weight is 346 g/mol. The van der Waals surface area contributed by atoms with Crippen molar-refractivity contribution < 1.29 is 0 Å². The van der Waals surface area contributed by atoms with Gasteiger partial charge in [-0.25, -0.2) is 0 Å². The molecule has 0 aliphatic heterocycles. The topological polar surface area (TPSA) is 0 Å². The van der Waals surface area contributed by atoms with Gasteiger partial charge in [-0.2, -0.15) is 0 Å². The van der Waals surface area contributed by atoms with E-state index >= 15 is 0 Å². The quantitative estimate of drug-likeness (QED) is 0.765. The Balaban J connectivity index is 1.81. The van der Waals surface area contributed by atoms with Crippen LogP contribution in [0.15, 0.2) is 70.5 Å². The molecule has 0 unspecified atom stereocenters. The van der Waals surface area contributed by atoms with E-state index in [1.165, 1.54) is 9.79 Å². The first-order valence-corrected chi connectivity index (χ1v) is 11.8. The van der Waals surface area contributed by atoms with Crippen molar-refractivity contribution in [1.29, 1.82) is 0 Å². The van der Waals surface area contributed by atoms with E-state index in [2.05, 4.69) is 60.7 Å². The van der Waals surface area contributed by atoms with Crippen molar-refractivity contribution in [2.75, 3.05) is 0 Å². The van der Waals surface area contributed by atoms with Gasteiger partial charge >= 0.3 is 107 Å². The fourth-order valence-electron chi connectivity index (χ4n) is 1.05. The van der Waals surface area contributed by atoms with E-state index in [1.54, 1.807) is 0 Å². The summed E-state index contributed by atoms with van der Waals surface area (Å²) in [6.07, 6.45) is 0. The van der Waals surface area contributed by atoms with Crippen molar-refractivity contribution in [1.82, 2.24) is 0 Å². The second kappa shape index (κ2) is 6.50. The molecule has 0 aliphatic rings. The van der Waals surface area contributed by atoms with Crippen LogP contribution in [0.2, 0.25) is 0 Å². The van der Waals surface area contributed by atoms with E-state index in [9.17, 15) is 0 Å². The molecule has 0 amide bonds. The summed E-state index contributed by atoms with van der Waals surface area (Å²) in [6, 6.07) is 21.3. The maximum atomic E-state index is 2.18. The van der Waals surface area contributed by atoms with Gasteiger partial charge < -0.3 is 0 Å². The van der Waals surface area contributed by atoms with Crippen molar-refractivity contribution in [2.45, 2.75) is 9.79 Å². The van der Waals surface area contributed by atoms with Gasteiger partial charge in [0.15, 0.2) is 0 Å². The first kappa shape index (κ1) is 11.4. The minimum atomic E-state index is -0.0741. The van der Waals surface area contributed by atoms with Gasteiger partial charge in [0.05, 0.1) is 0 Å². The molecule has 2 rings (SSSR count). The predicted octanol–water partition coefficient (Wildman–Crippen LogP) is 4.11. The second-order valence-electron chi connectivity index (χ2n) is 2.86. The predicted molar refractivity (Wildman–Crippen MR) is 70.4 cm³/mol. The summed E-state index contributed by atoms with van der Waals surface area (Å²) < 4.78 is 0. The van der Waals surface area contributed by atoms with Crippen LogP contribution in [-0.4, -0.2) is 18.2 Å². The molecule has 3 heteroatoms. The van der Waals surface area contributed by atoms with Crippen molar-refractivity contribution in [3.8, 4) is 0 Å². The number of benzene rings is 2. The molecule has 0 atom stereocenters. The van der Waals surface area contributed by atoms with E-state index in [0.29, 0.717) is 0 Å². The molecule has 0 aliphatic carbocycles. The third-order valence-corrected chi connectivity index (χ3v) is 10.0. The maximum absolute atomic E-state index is 2.18. The van der Waals surface area contributed by atoms with Crippen molar-refractivity contribution in [2.24, 2.45) is 0 Å². The standard InChI is InChI=1S/C12H10S2Te/c1-3-7-11(8-4-1)13-15-14-12-9-5-2-6-10-12/h1-10H. The zero-order valence-corrected chi connectivity index (χ0v) is 12.0. The fraction of sp³-hybridized carbons (Fsp3) is 0. The van der Waals surface area contributed by atoms with Crippen LogP contribution in [0.25, 0.3) is 0 Å². The van der Waals surface area contributed by atoms with Gasteiger partial charge in [0.2, 0.25) is 0 Å². The van der Waals surface area contributed by atoms with Crippen LogP contribution >= 0.6 is 18.0 Å². The molecule has 0 heterocycles. The molecule has 0 saturated heterocycles. The Hall–Kier alpha value is -0.0704. The van der Waals surface area contributed by atoms with Crippen LogP contribution in [0.4, 0.5) is 0 Å². The van der Waals surface area contributed by atoms with Crippen LogP contribution in [-0.2, 0) is 0 Å². The van der Waals surface area contributed by atoms with Crippen molar-refractivity contribution >= 4 is 36.2 Å². The Bertz CT molecular complexity index is 349. The van der Waals surface area contributed by atoms with Gasteiger partial charge in [-0.05, 0) is 0 Å². The third kappa shape index (κ3) is 4.12. The Labute approximate surface area is 106 Å². The molecule has 2 aromatic carbocycles. The summed E-state index contributed by atoms with van der Waals surface area (Å²) in [6.45, 7) is 0. The SMILES string of the molecule is c1ccc(S[Te]Sc2ccccc2)cc1. The van der Waals surface area contributed by atoms with Gasteiger partial charge in [-0.1, -0.05) is 0 Å².